The molecule has 0 spiro atoms. The summed E-state index contributed by atoms with van der Waals surface area (Å²) in [6, 6.07) is 1.05. The lowest BCUT2D eigenvalue weighted by molar-refractivity contribution is -0.122. The van der Waals surface area contributed by atoms with Gasteiger partial charge in [0.15, 0.2) is 9.84 Å². The number of carbonyl (C=O) groups excluding carboxylic acids is 6. The van der Waals surface area contributed by atoms with E-state index in [9.17, 15) is 45.6 Å². The fourth-order valence-electron chi connectivity index (χ4n) is 3.73. The fraction of sp³-hybridized carbons (Fsp3) is 0.158. The molecule has 4 rings (SSSR count). The summed E-state index contributed by atoms with van der Waals surface area (Å²) in [6.07, 6.45) is -0.443. The molecule has 1 aromatic carbocycles. The zero-order valence-electron chi connectivity index (χ0n) is 18.2. The third kappa shape index (κ3) is 4.97. The second-order valence-corrected chi connectivity index (χ2v) is 11.4. The third-order valence-electron chi connectivity index (χ3n) is 5.27. The van der Waals surface area contributed by atoms with Crippen LogP contribution in [0.5, 0.6) is 0 Å². The van der Waals surface area contributed by atoms with Crippen molar-refractivity contribution in [2.75, 3.05) is 11.5 Å². The lowest BCUT2D eigenvalue weighted by atomic mass is 10.1. The topological polar surface area (TPSA) is 255 Å². The van der Waals surface area contributed by atoms with Gasteiger partial charge in [-0.3, -0.25) is 45.0 Å². The third-order valence-corrected chi connectivity index (χ3v) is 7.87. The van der Waals surface area contributed by atoms with E-state index in [-0.39, 0.29) is 26.4 Å². The van der Waals surface area contributed by atoms with Gasteiger partial charge in [0.05, 0.1) is 27.1 Å². The summed E-state index contributed by atoms with van der Waals surface area (Å²) in [5, 5.41) is 6.65. The van der Waals surface area contributed by atoms with Gasteiger partial charge < -0.3 is 4.98 Å². The minimum Gasteiger partial charge on any atom is -0.353 e. The Morgan fingerprint density at radius 2 is 1.11 bits per heavy atom. The molecule has 2 aromatic rings. The predicted octanol–water partition coefficient (Wildman–Crippen LogP) is -3.75. The highest BCUT2D eigenvalue weighted by molar-refractivity contribution is 7.91. The Labute approximate surface area is 205 Å². The van der Waals surface area contributed by atoms with E-state index in [0.29, 0.717) is 0 Å². The molecule has 2 aliphatic rings. The fourth-order valence-corrected chi connectivity index (χ4v) is 5.75. The van der Waals surface area contributed by atoms with Crippen LogP contribution in [0, 0.1) is 0 Å². The van der Waals surface area contributed by atoms with Crippen LogP contribution in [-0.2, 0) is 39.1 Å². The molecule has 2 aliphatic heterocycles. The molecule has 6 N–H and O–H groups in total. The van der Waals surface area contributed by atoms with Gasteiger partial charge in [0.1, 0.15) is 11.1 Å². The number of fused-ring (bicyclic) bond motifs is 1. The van der Waals surface area contributed by atoms with E-state index >= 15 is 0 Å². The maximum Gasteiger partial charge on any atom is 0.328 e. The van der Waals surface area contributed by atoms with Crippen molar-refractivity contribution in [2.45, 2.75) is 11.3 Å². The number of nitrogens with one attached hydrogen (secondary N) is 5. The number of benzene rings is 1. The summed E-state index contributed by atoms with van der Waals surface area (Å²) in [4.78, 5) is 74.9. The zero-order chi connectivity index (χ0) is 27.3. The molecular formula is C19H15N5O11S2. The van der Waals surface area contributed by atoms with E-state index in [1.807, 2.05) is 21.3 Å². The van der Waals surface area contributed by atoms with Crippen LogP contribution < -0.4 is 32.0 Å². The van der Waals surface area contributed by atoms with Crippen LogP contribution in [0.15, 0.2) is 23.1 Å². The first-order valence-electron chi connectivity index (χ1n) is 10.1. The van der Waals surface area contributed by atoms with E-state index in [2.05, 4.69) is 4.98 Å². The summed E-state index contributed by atoms with van der Waals surface area (Å²) in [6.45, 7) is 0. The first kappa shape index (κ1) is 25.7. The monoisotopic (exact) mass is 553 g/mol. The van der Waals surface area contributed by atoms with Gasteiger partial charge in [0.2, 0.25) is 0 Å². The largest absolute Gasteiger partial charge is 0.353 e. The first-order chi connectivity index (χ1) is 17.2. The van der Waals surface area contributed by atoms with Crippen molar-refractivity contribution in [1.82, 2.24) is 26.3 Å². The number of sulfone groups is 1. The van der Waals surface area contributed by atoms with Crippen molar-refractivity contribution in [3.8, 4) is 0 Å². The molecule has 0 radical (unpaired) electrons. The highest BCUT2D eigenvalue weighted by Crippen LogP contribution is 2.18. The van der Waals surface area contributed by atoms with Gasteiger partial charge in [-0.25, -0.2) is 18.0 Å². The van der Waals surface area contributed by atoms with Crippen LogP contribution >= 0.6 is 0 Å². The van der Waals surface area contributed by atoms with Gasteiger partial charge in [-0.15, -0.1) is 0 Å². The zero-order valence-corrected chi connectivity index (χ0v) is 19.8. The molecular weight excluding hydrogens is 538 g/mol. The number of imide groups is 4. The van der Waals surface area contributed by atoms with Gasteiger partial charge in [-0.1, -0.05) is 6.07 Å². The van der Waals surface area contributed by atoms with Gasteiger partial charge in [-0.2, -0.15) is 8.42 Å². The quantitative estimate of drug-likeness (QED) is 0.196. The van der Waals surface area contributed by atoms with Crippen LogP contribution in [0.1, 0.15) is 6.42 Å². The average Bonchev–Trinajstić information content (AvgIpc) is 3.09. The van der Waals surface area contributed by atoms with E-state index in [0.717, 1.165) is 18.2 Å². The second kappa shape index (κ2) is 8.91. The number of aromatic nitrogens is 1. The molecule has 0 bridgehead atoms. The molecule has 2 fully saturated rings. The number of hydrogen-bond acceptors (Lipinski definition) is 10. The Morgan fingerprint density at radius 1 is 0.649 bits per heavy atom. The molecule has 194 valence electrons. The molecule has 16 nitrogen and oxygen atoms in total. The first-order valence-corrected chi connectivity index (χ1v) is 13.4. The number of rotatable bonds is 5. The highest BCUT2D eigenvalue weighted by Gasteiger charge is 2.33. The van der Waals surface area contributed by atoms with Crippen LogP contribution in [0.4, 0.5) is 9.59 Å². The minimum atomic E-state index is -4.42. The number of carbonyl (C=O) groups is 6. The van der Waals surface area contributed by atoms with E-state index in [1.165, 1.54) is 0 Å². The van der Waals surface area contributed by atoms with Crippen molar-refractivity contribution < 1.29 is 50.2 Å². The number of amides is 8. The summed E-state index contributed by atoms with van der Waals surface area (Å²) in [5.74, 6) is -6.08. The maximum absolute atomic E-state index is 12.8. The predicted molar refractivity (Wildman–Crippen MR) is 121 cm³/mol. The lowest BCUT2D eigenvalue weighted by Gasteiger charge is -2.13. The van der Waals surface area contributed by atoms with Gasteiger partial charge in [0.25, 0.3) is 33.7 Å². The summed E-state index contributed by atoms with van der Waals surface area (Å²) in [5.41, 5.74) is -1.29. The molecule has 1 aromatic heterocycles. The number of urea groups is 2. The van der Waals surface area contributed by atoms with Crippen LogP contribution in [0.3, 0.4) is 0 Å². The SMILES string of the molecule is O=C1NC(=O)C(=c2[nH]c(=C3C(=O)NC(=O)NC3=O)c3cc(S(=O)(=O)CCCS(=O)(=O)O)ccc23)C(=O)N1. The molecule has 0 aliphatic carbocycles. The Morgan fingerprint density at radius 3 is 1.57 bits per heavy atom. The molecule has 0 unspecified atom stereocenters. The number of aromatic amines is 1. The Hall–Kier alpha value is -4.42. The molecule has 37 heavy (non-hydrogen) atoms. The van der Waals surface area contributed by atoms with Crippen LogP contribution in [0.2, 0.25) is 0 Å². The van der Waals surface area contributed by atoms with Crippen molar-refractivity contribution in [3.63, 3.8) is 0 Å². The molecule has 0 atom stereocenters. The van der Waals surface area contributed by atoms with Gasteiger partial charge >= 0.3 is 12.1 Å². The van der Waals surface area contributed by atoms with E-state index < -0.39 is 84.7 Å². The molecule has 8 amide bonds. The summed E-state index contributed by atoms with van der Waals surface area (Å²) >= 11 is 0. The van der Waals surface area contributed by atoms with Crippen LogP contribution in [0.25, 0.3) is 21.9 Å². The molecule has 3 heterocycles. The normalized spacial score (nSPS) is 17.0. The lowest BCUT2D eigenvalue weighted by Crippen LogP contribution is -2.53. The second-order valence-electron chi connectivity index (χ2n) is 7.77. The van der Waals surface area contributed by atoms with E-state index in [1.54, 1.807) is 0 Å². The maximum atomic E-state index is 12.8. The van der Waals surface area contributed by atoms with E-state index in [4.69, 9.17) is 4.55 Å². The van der Waals surface area contributed by atoms with Gasteiger partial charge in [-0.05, 0) is 18.6 Å². The Bertz CT molecular complexity index is 1760. The minimum absolute atomic E-state index is 0.00784. The Kier molecular flexibility index (Phi) is 6.18. The van der Waals surface area contributed by atoms with Crippen molar-refractivity contribution in [1.29, 1.82) is 0 Å². The molecule has 0 saturated carbocycles. The number of barbiturate groups is 2. The van der Waals surface area contributed by atoms with Crippen LogP contribution in [-0.4, -0.2) is 73.6 Å². The van der Waals surface area contributed by atoms with Crippen molar-refractivity contribution in [2.24, 2.45) is 0 Å². The summed E-state index contributed by atoms with van der Waals surface area (Å²) < 4.78 is 56.3. The molecule has 18 heteroatoms. The van der Waals surface area contributed by atoms with Gasteiger partial charge in [0, 0.05) is 10.8 Å². The summed E-state index contributed by atoms with van der Waals surface area (Å²) in [7, 11) is -8.58. The number of H-pyrrole nitrogens is 1. The molecule has 2 saturated heterocycles. The Balaban J connectivity index is 2.02. The average molecular weight is 553 g/mol. The highest BCUT2D eigenvalue weighted by atomic mass is 32.2. The van der Waals surface area contributed by atoms with Crippen molar-refractivity contribution >= 4 is 77.6 Å². The van der Waals surface area contributed by atoms with Crippen molar-refractivity contribution in [3.05, 3.63) is 28.9 Å². The smallest absolute Gasteiger partial charge is 0.328 e. The standard InChI is InChI=1S/C19H15N5O11S2/c25-14-10(15(26)22-18(29)21-14)12-8-3-2-7(36(31,32)4-1-5-37(33,34)35)6-9(8)13(20-12)11-16(27)23-19(30)24-17(11)28/h2-3,6,20H,1,4-5H2,(H,33,34,35)(H2,21,22,25,26,29)(H2,23,24,27,28,30). The number of hydrogen-bond donors (Lipinski definition) is 6.